The van der Waals surface area contributed by atoms with Crippen LogP contribution in [-0.4, -0.2) is 105 Å². The minimum absolute atomic E-state index is 0.0458. The summed E-state index contributed by atoms with van der Waals surface area (Å²) in [5.41, 5.74) is 1.85. The third-order valence-electron chi connectivity index (χ3n) is 6.95. The van der Waals surface area contributed by atoms with Crippen molar-refractivity contribution in [3.05, 3.63) is 82.9 Å². The molecule has 0 heterocycles. The summed E-state index contributed by atoms with van der Waals surface area (Å²) in [5.74, 6) is -3.70. The Labute approximate surface area is 289 Å². The Kier molecular flexibility index (Phi) is 16.5. The van der Waals surface area contributed by atoms with E-state index in [2.05, 4.69) is 9.50 Å². The molecule has 13 nitrogen and oxygen atoms in total. The number of carboxylic acids is 1. The fourth-order valence-electron chi connectivity index (χ4n) is 4.62. The molecule has 16 heteroatoms. The van der Waals surface area contributed by atoms with Crippen molar-refractivity contribution in [2.75, 3.05) is 73.3 Å². The molecular weight excluding hydrogens is 684 g/mol. The van der Waals surface area contributed by atoms with Gasteiger partial charge in [0.1, 0.15) is 34.7 Å². The first-order valence-electron chi connectivity index (χ1n) is 15.4. The Morgan fingerprint density at radius 2 is 1.26 bits per heavy atom. The fourth-order valence-corrected chi connectivity index (χ4v) is 4.99. The van der Waals surface area contributed by atoms with Crippen molar-refractivity contribution in [2.24, 2.45) is 0 Å². The number of hydrogen-bond acceptors (Lipinski definition) is 11. The molecule has 0 aliphatic carbocycles. The smallest absolute Gasteiger partial charge is 0.326 e. The zero-order chi connectivity index (χ0) is 36.5. The van der Waals surface area contributed by atoms with Crippen LogP contribution in [0.25, 0.3) is 11.1 Å². The summed E-state index contributed by atoms with van der Waals surface area (Å²) in [6, 6.07) is 12.0. The van der Waals surface area contributed by atoms with Gasteiger partial charge >= 0.3 is 5.97 Å². The van der Waals surface area contributed by atoms with E-state index >= 15 is 0 Å². The highest BCUT2D eigenvalue weighted by Crippen LogP contribution is 2.40. The van der Waals surface area contributed by atoms with Gasteiger partial charge in [-0.3, -0.25) is 8.98 Å². The Balaban J connectivity index is 1.47. The molecule has 50 heavy (non-hydrogen) atoms. The molecule has 0 radical (unpaired) electrons. The molecule has 1 amide bonds. The van der Waals surface area contributed by atoms with Gasteiger partial charge in [0, 0.05) is 6.42 Å². The Morgan fingerprint density at radius 1 is 0.760 bits per heavy atom. The van der Waals surface area contributed by atoms with Crippen molar-refractivity contribution in [1.29, 1.82) is 0 Å². The molecule has 0 fully saturated rings. The van der Waals surface area contributed by atoms with Crippen molar-refractivity contribution in [1.82, 2.24) is 5.32 Å². The number of ether oxygens (including phenoxy) is 6. The van der Waals surface area contributed by atoms with Crippen molar-refractivity contribution in [2.45, 2.75) is 19.1 Å². The van der Waals surface area contributed by atoms with Gasteiger partial charge in [-0.25, -0.2) is 13.6 Å². The van der Waals surface area contributed by atoms with Crippen LogP contribution in [0.3, 0.4) is 0 Å². The number of aliphatic carboxylic acids is 1. The maximum atomic E-state index is 14.0. The van der Waals surface area contributed by atoms with Crippen molar-refractivity contribution in [3.63, 3.8) is 0 Å². The molecular formula is C34H41F2NO12S. The highest BCUT2D eigenvalue weighted by atomic mass is 32.2. The van der Waals surface area contributed by atoms with E-state index in [0.717, 1.165) is 30.0 Å². The Bertz CT molecular complexity index is 1610. The van der Waals surface area contributed by atoms with Crippen LogP contribution in [0.15, 0.2) is 54.6 Å². The highest BCUT2D eigenvalue weighted by Gasteiger charge is 2.25. The quantitative estimate of drug-likeness (QED) is 0.108. The maximum absolute atomic E-state index is 14.0. The monoisotopic (exact) mass is 725 g/mol. The van der Waals surface area contributed by atoms with Crippen molar-refractivity contribution < 1.29 is 64.5 Å². The molecule has 0 spiro atoms. The van der Waals surface area contributed by atoms with E-state index in [9.17, 15) is 31.9 Å². The van der Waals surface area contributed by atoms with Gasteiger partial charge in [-0.1, -0.05) is 30.3 Å². The number of benzene rings is 3. The van der Waals surface area contributed by atoms with Crippen LogP contribution in [0.2, 0.25) is 0 Å². The van der Waals surface area contributed by atoms with Crippen LogP contribution in [0.5, 0.6) is 11.5 Å². The lowest BCUT2D eigenvalue weighted by molar-refractivity contribution is -0.139. The van der Waals surface area contributed by atoms with E-state index in [4.69, 9.17) is 28.4 Å². The first-order valence-corrected chi connectivity index (χ1v) is 17.2. The predicted molar refractivity (Wildman–Crippen MR) is 177 cm³/mol. The lowest BCUT2D eigenvalue weighted by Crippen LogP contribution is -2.42. The number of carbonyl (C=O) groups excluding carboxylic acids is 1. The number of carbonyl (C=O) groups is 2. The van der Waals surface area contributed by atoms with Crippen LogP contribution in [0.1, 0.15) is 21.5 Å². The lowest BCUT2D eigenvalue weighted by Gasteiger charge is -2.17. The van der Waals surface area contributed by atoms with Gasteiger partial charge in [0.25, 0.3) is 16.0 Å². The number of halogens is 2. The summed E-state index contributed by atoms with van der Waals surface area (Å²) in [5, 5.41) is 11.9. The zero-order valence-corrected chi connectivity index (χ0v) is 28.8. The summed E-state index contributed by atoms with van der Waals surface area (Å²) in [4.78, 5) is 24.4. The molecule has 2 N–H and O–H groups in total. The second-order valence-corrected chi connectivity index (χ2v) is 12.3. The first-order chi connectivity index (χ1) is 23.9. The molecule has 3 aromatic rings. The van der Waals surface area contributed by atoms with Crippen LogP contribution in [0.4, 0.5) is 8.78 Å². The van der Waals surface area contributed by atoms with Crippen LogP contribution in [-0.2, 0) is 51.1 Å². The van der Waals surface area contributed by atoms with Crippen LogP contribution >= 0.6 is 0 Å². The van der Waals surface area contributed by atoms with Gasteiger partial charge in [-0.05, 0) is 41.0 Å². The average molecular weight is 726 g/mol. The number of rotatable bonds is 23. The number of hydrogen-bond donors (Lipinski definition) is 2. The van der Waals surface area contributed by atoms with E-state index in [0.29, 0.717) is 67.8 Å². The molecule has 1 unspecified atom stereocenters. The zero-order valence-electron chi connectivity index (χ0n) is 27.9. The SMILES string of the molecule is COc1cc(COCCOCCOCCOCCOS(C)(=O)=O)cc(OC)c1-c1ccc(CC(NC(=O)c2c(F)cccc2F)C(=O)O)cc1. The molecule has 3 aromatic carbocycles. The van der Waals surface area contributed by atoms with Crippen molar-refractivity contribution in [3.8, 4) is 22.6 Å². The molecule has 0 aliphatic rings. The molecule has 274 valence electrons. The largest absolute Gasteiger partial charge is 0.496 e. The van der Waals surface area contributed by atoms with E-state index in [1.165, 1.54) is 14.2 Å². The van der Waals surface area contributed by atoms with Crippen LogP contribution in [0, 0.1) is 11.6 Å². The highest BCUT2D eigenvalue weighted by molar-refractivity contribution is 7.85. The summed E-state index contributed by atoms with van der Waals surface area (Å²) >= 11 is 0. The molecule has 1 atom stereocenters. The second-order valence-electron chi connectivity index (χ2n) is 10.7. The summed E-state index contributed by atoms with van der Waals surface area (Å²) in [7, 11) is -0.435. The molecule has 0 saturated heterocycles. The normalized spacial score (nSPS) is 12.0. The molecule has 0 aromatic heterocycles. The number of carboxylic acid groups (broad SMARTS) is 1. The van der Waals surface area contributed by atoms with E-state index in [1.54, 1.807) is 24.3 Å². The van der Waals surface area contributed by atoms with E-state index < -0.39 is 45.2 Å². The average Bonchev–Trinajstić information content (AvgIpc) is 3.07. The maximum Gasteiger partial charge on any atom is 0.326 e. The fraction of sp³-hybridized carbons (Fsp3) is 0.412. The van der Waals surface area contributed by atoms with Gasteiger partial charge in [0.05, 0.1) is 85.5 Å². The minimum Gasteiger partial charge on any atom is -0.496 e. The van der Waals surface area contributed by atoms with Gasteiger partial charge in [0.2, 0.25) is 0 Å². The Hall–Kier alpha value is -4.19. The van der Waals surface area contributed by atoms with Crippen LogP contribution < -0.4 is 14.8 Å². The number of methoxy groups -OCH3 is 2. The Morgan fingerprint density at radius 3 is 1.74 bits per heavy atom. The number of amides is 1. The van der Waals surface area contributed by atoms with E-state index in [-0.39, 0.29) is 26.2 Å². The molecule has 0 aliphatic heterocycles. The molecule has 0 bridgehead atoms. The number of nitrogens with one attached hydrogen (secondary N) is 1. The third-order valence-corrected chi connectivity index (χ3v) is 7.55. The lowest BCUT2D eigenvalue weighted by atomic mass is 9.98. The topological polar surface area (TPSA) is 165 Å². The molecule has 3 rings (SSSR count). The summed E-state index contributed by atoms with van der Waals surface area (Å²) in [6.07, 6.45) is 0.834. The summed E-state index contributed by atoms with van der Waals surface area (Å²) < 4.78 is 87.5. The van der Waals surface area contributed by atoms with Gasteiger partial charge in [0.15, 0.2) is 0 Å². The minimum atomic E-state index is -3.47. The predicted octanol–water partition coefficient (Wildman–Crippen LogP) is 3.62. The van der Waals surface area contributed by atoms with E-state index in [1.807, 2.05) is 12.1 Å². The van der Waals surface area contributed by atoms with Gasteiger partial charge in [-0.2, -0.15) is 8.42 Å². The third kappa shape index (κ3) is 13.3. The van der Waals surface area contributed by atoms with Gasteiger partial charge < -0.3 is 38.8 Å². The molecule has 0 saturated carbocycles. The first kappa shape index (κ1) is 40.2. The van der Waals surface area contributed by atoms with Crippen molar-refractivity contribution >= 4 is 22.0 Å². The second kappa shape index (κ2) is 20.5. The van der Waals surface area contributed by atoms with Gasteiger partial charge in [-0.15, -0.1) is 0 Å². The standard InChI is InChI=1S/C34H41F2NO12S/c1-43-29-20-24(22-48-16-15-46-12-11-45-13-14-47-17-18-49-50(3,41)42)21-30(44-2)31(29)25-9-7-23(8-10-25)19-28(34(39)40)37-33(38)32-26(35)5-4-6-27(32)36/h4-10,20-21,28H,11-19,22H2,1-3H3,(H,37,38)(H,39,40). The summed E-state index contributed by atoms with van der Waals surface area (Å²) in [6.45, 7) is 2.35.